The molecule has 1 aromatic carbocycles. The van der Waals surface area contributed by atoms with Gasteiger partial charge in [0.05, 0.1) is 0 Å². The SMILES string of the molecule is CCCNCc1cc(Cl)ccc1OCC(=O)NCCC. The van der Waals surface area contributed by atoms with Crippen LogP contribution < -0.4 is 15.4 Å². The average molecular weight is 299 g/mol. The number of carbonyl (C=O) groups is 1. The number of benzene rings is 1. The number of hydrogen-bond acceptors (Lipinski definition) is 3. The predicted molar refractivity (Wildman–Crippen MR) is 82.2 cm³/mol. The molecule has 5 heteroatoms. The van der Waals surface area contributed by atoms with E-state index in [2.05, 4.69) is 17.6 Å². The van der Waals surface area contributed by atoms with Crippen LogP contribution in [0.5, 0.6) is 5.75 Å². The Morgan fingerprint density at radius 1 is 1.25 bits per heavy atom. The van der Waals surface area contributed by atoms with Crippen molar-refractivity contribution in [2.45, 2.75) is 33.2 Å². The van der Waals surface area contributed by atoms with E-state index in [0.717, 1.165) is 24.9 Å². The Balaban J connectivity index is 2.56. The summed E-state index contributed by atoms with van der Waals surface area (Å²) in [5, 5.41) is 6.75. The molecule has 0 unspecified atom stereocenters. The Bertz CT molecular complexity index is 424. The van der Waals surface area contributed by atoms with Crippen LogP contribution in [0.2, 0.25) is 5.02 Å². The Labute approximate surface area is 125 Å². The molecule has 0 spiro atoms. The zero-order valence-corrected chi connectivity index (χ0v) is 12.9. The van der Waals surface area contributed by atoms with E-state index in [0.29, 0.717) is 23.9 Å². The first-order chi connectivity index (χ1) is 9.67. The molecule has 4 nitrogen and oxygen atoms in total. The molecular weight excluding hydrogens is 276 g/mol. The van der Waals surface area contributed by atoms with E-state index in [4.69, 9.17) is 16.3 Å². The van der Waals surface area contributed by atoms with Crippen LogP contribution in [0.15, 0.2) is 18.2 Å². The maximum Gasteiger partial charge on any atom is 0.257 e. The standard InChI is InChI=1S/C15H23ClN2O2/c1-3-7-17-10-12-9-13(16)5-6-14(12)20-11-15(19)18-8-4-2/h5-6,9,17H,3-4,7-8,10-11H2,1-2H3,(H,18,19). The molecule has 0 saturated heterocycles. The Hall–Kier alpha value is -1.26. The summed E-state index contributed by atoms with van der Waals surface area (Å²) in [5.41, 5.74) is 0.967. The molecule has 0 saturated carbocycles. The highest BCUT2D eigenvalue weighted by Crippen LogP contribution is 2.22. The molecule has 0 radical (unpaired) electrons. The molecule has 20 heavy (non-hydrogen) atoms. The lowest BCUT2D eigenvalue weighted by Crippen LogP contribution is -2.29. The zero-order valence-electron chi connectivity index (χ0n) is 12.2. The van der Waals surface area contributed by atoms with Crippen LogP contribution in [0.3, 0.4) is 0 Å². The monoisotopic (exact) mass is 298 g/mol. The lowest BCUT2D eigenvalue weighted by atomic mass is 10.2. The minimum absolute atomic E-state index is 0.0302. The lowest BCUT2D eigenvalue weighted by Gasteiger charge is -2.12. The van der Waals surface area contributed by atoms with Gasteiger partial charge in [-0.15, -0.1) is 0 Å². The first-order valence-corrected chi connectivity index (χ1v) is 7.43. The van der Waals surface area contributed by atoms with Crippen molar-refractivity contribution < 1.29 is 9.53 Å². The van der Waals surface area contributed by atoms with Crippen LogP contribution in [0.4, 0.5) is 0 Å². The highest BCUT2D eigenvalue weighted by Gasteiger charge is 2.07. The van der Waals surface area contributed by atoms with Crippen LogP contribution >= 0.6 is 11.6 Å². The summed E-state index contributed by atoms with van der Waals surface area (Å²) in [6.07, 6.45) is 1.98. The number of ether oxygens (including phenoxy) is 1. The molecule has 0 aliphatic carbocycles. The first-order valence-electron chi connectivity index (χ1n) is 7.06. The van der Waals surface area contributed by atoms with Gasteiger partial charge in [-0.05, 0) is 37.6 Å². The van der Waals surface area contributed by atoms with Crippen LogP contribution in [-0.2, 0) is 11.3 Å². The summed E-state index contributed by atoms with van der Waals surface area (Å²) >= 11 is 6.00. The minimum Gasteiger partial charge on any atom is -0.483 e. The largest absolute Gasteiger partial charge is 0.483 e. The highest BCUT2D eigenvalue weighted by atomic mass is 35.5. The molecule has 0 bridgehead atoms. The Kier molecular flexibility index (Phi) is 8.07. The second kappa shape index (κ2) is 9.61. The van der Waals surface area contributed by atoms with Crippen LogP contribution in [-0.4, -0.2) is 25.6 Å². The van der Waals surface area contributed by atoms with Crippen molar-refractivity contribution in [3.63, 3.8) is 0 Å². The summed E-state index contributed by atoms with van der Waals surface area (Å²) < 4.78 is 5.57. The molecule has 1 aromatic rings. The summed E-state index contributed by atoms with van der Waals surface area (Å²) in [5.74, 6) is 0.596. The smallest absolute Gasteiger partial charge is 0.257 e. The summed E-state index contributed by atoms with van der Waals surface area (Å²) in [4.78, 5) is 11.5. The number of carbonyl (C=O) groups excluding carboxylic acids is 1. The van der Waals surface area contributed by atoms with Gasteiger partial charge in [0.15, 0.2) is 6.61 Å². The molecule has 1 amide bonds. The fraction of sp³-hybridized carbons (Fsp3) is 0.533. The molecule has 0 fully saturated rings. The topological polar surface area (TPSA) is 50.4 Å². The summed E-state index contributed by atoms with van der Waals surface area (Å²) in [7, 11) is 0. The molecule has 1 rings (SSSR count). The van der Waals surface area contributed by atoms with Gasteiger partial charge in [0.2, 0.25) is 0 Å². The minimum atomic E-state index is -0.103. The maximum absolute atomic E-state index is 11.5. The van der Waals surface area contributed by atoms with Gasteiger partial charge >= 0.3 is 0 Å². The number of amides is 1. The normalized spacial score (nSPS) is 10.3. The van der Waals surface area contributed by atoms with Gasteiger partial charge in [-0.25, -0.2) is 0 Å². The molecule has 0 aliphatic rings. The van der Waals surface area contributed by atoms with Crippen LogP contribution in [0.25, 0.3) is 0 Å². The molecule has 0 aromatic heterocycles. The molecule has 0 aliphatic heterocycles. The average Bonchev–Trinajstić information content (AvgIpc) is 2.44. The Morgan fingerprint density at radius 3 is 2.70 bits per heavy atom. The van der Waals surface area contributed by atoms with Gasteiger partial charge in [0.1, 0.15) is 5.75 Å². The van der Waals surface area contributed by atoms with E-state index in [-0.39, 0.29) is 12.5 Å². The third kappa shape index (κ3) is 6.26. The van der Waals surface area contributed by atoms with Crippen LogP contribution in [0, 0.1) is 0 Å². The van der Waals surface area contributed by atoms with Crippen molar-refractivity contribution in [2.75, 3.05) is 19.7 Å². The van der Waals surface area contributed by atoms with E-state index in [1.165, 1.54) is 0 Å². The maximum atomic E-state index is 11.5. The molecule has 112 valence electrons. The second-order valence-electron chi connectivity index (χ2n) is 4.57. The van der Waals surface area contributed by atoms with Crippen molar-refractivity contribution in [3.05, 3.63) is 28.8 Å². The molecular formula is C15H23ClN2O2. The number of rotatable bonds is 9. The highest BCUT2D eigenvalue weighted by molar-refractivity contribution is 6.30. The van der Waals surface area contributed by atoms with E-state index in [9.17, 15) is 4.79 Å². The van der Waals surface area contributed by atoms with Gasteiger partial charge in [-0.3, -0.25) is 4.79 Å². The summed E-state index contributed by atoms with van der Waals surface area (Å²) in [6, 6.07) is 5.44. The van der Waals surface area contributed by atoms with Crippen molar-refractivity contribution in [2.24, 2.45) is 0 Å². The van der Waals surface area contributed by atoms with E-state index < -0.39 is 0 Å². The van der Waals surface area contributed by atoms with Gasteiger partial charge in [0, 0.05) is 23.7 Å². The number of hydrogen-bond donors (Lipinski definition) is 2. The fourth-order valence-electron chi connectivity index (χ4n) is 1.69. The van der Waals surface area contributed by atoms with E-state index in [1.807, 2.05) is 13.0 Å². The van der Waals surface area contributed by atoms with Crippen molar-refractivity contribution in [1.29, 1.82) is 0 Å². The second-order valence-corrected chi connectivity index (χ2v) is 5.00. The molecule has 2 N–H and O–H groups in total. The Morgan fingerprint density at radius 2 is 2.00 bits per heavy atom. The van der Waals surface area contributed by atoms with Crippen molar-refractivity contribution >= 4 is 17.5 Å². The van der Waals surface area contributed by atoms with Gasteiger partial charge < -0.3 is 15.4 Å². The van der Waals surface area contributed by atoms with Gasteiger partial charge in [-0.1, -0.05) is 25.4 Å². The van der Waals surface area contributed by atoms with Crippen molar-refractivity contribution in [1.82, 2.24) is 10.6 Å². The molecule has 0 atom stereocenters. The molecule has 0 heterocycles. The van der Waals surface area contributed by atoms with Gasteiger partial charge in [-0.2, -0.15) is 0 Å². The lowest BCUT2D eigenvalue weighted by molar-refractivity contribution is -0.123. The zero-order chi connectivity index (χ0) is 14.8. The van der Waals surface area contributed by atoms with E-state index in [1.54, 1.807) is 12.1 Å². The summed E-state index contributed by atoms with van der Waals surface area (Å²) in [6.45, 7) is 6.44. The fourth-order valence-corrected chi connectivity index (χ4v) is 1.88. The van der Waals surface area contributed by atoms with Crippen LogP contribution in [0.1, 0.15) is 32.3 Å². The third-order valence-corrected chi connectivity index (χ3v) is 2.93. The predicted octanol–water partition coefficient (Wildman–Crippen LogP) is 2.74. The van der Waals surface area contributed by atoms with Crippen molar-refractivity contribution in [3.8, 4) is 5.75 Å². The number of halogens is 1. The van der Waals surface area contributed by atoms with Gasteiger partial charge in [0.25, 0.3) is 5.91 Å². The third-order valence-electron chi connectivity index (χ3n) is 2.70. The first kappa shape index (κ1) is 16.8. The van der Waals surface area contributed by atoms with E-state index >= 15 is 0 Å². The number of nitrogens with one attached hydrogen (secondary N) is 2. The quantitative estimate of drug-likeness (QED) is 0.689.